The molecule has 0 saturated heterocycles. The lowest BCUT2D eigenvalue weighted by atomic mass is 9.77. The molecule has 2 aliphatic rings. The largest absolute Gasteiger partial charge is 0.296 e. The third kappa shape index (κ3) is 4.21. The Morgan fingerprint density at radius 2 is 1.76 bits per heavy atom. The van der Waals surface area contributed by atoms with Crippen molar-refractivity contribution in [3.8, 4) is 0 Å². The van der Waals surface area contributed by atoms with E-state index in [0.29, 0.717) is 11.6 Å². The van der Waals surface area contributed by atoms with Crippen LogP contribution in [-0.2, 0) is 6.54 Å². The van der Waals surface area contributed by atoms with Crippen molar-refractivity contribution in [3.05, 3.63) is 93.3 Å². The quantitative estimate of drug-likeness (QED) is 0.429. The van der Waals surface area contributed by atoms with Crippen LogP contribution in [0.3, 0.4) is 0 Å². The van der Waals surface area contributed by atoms with E-state index in [0.717, 1.165) is 36.1 Å². The minimum Gasteiger partial charge on any atom is -0.271 e. The Morgan fingerprint density at radius 3 is 2.41 bits per heavy atom. The zero-order valence-electron chi connectivity index (χ0n) is 19.8. The molecular formula is C28H29ClN4O. The number of carbonyl (C=O) groups excluding carboxylic acids is 1. The van der Waals surface area contributed by atoms with Crippen LogP contribution in [0.25, 0.3) is 6.08 Å². The van der Waals surface area contributed by atoms with Gasteiger partial charge in [-0.3, -0.25) is 9.48 Å². The van der Waals surface area contributed by atoms with Gasteiger partial charge in [-0.15, -0.1) is 0 Å². The summed E-state index contributed by atoms with van der Waals surface area (Å²) < 4.78 is 1.69. The number of aryl methyl sites for hydroxylation is 3. The highest BCUT2D eigenvalue weighted by atomic mass is 35.5. The molecule has 174 valence electrons. The molecule has 0 N–H and O–H groups in total. The van der Waals surface area contributed by atoms with Crippen molar-refractivity contribution in [2.75, 3.05) is 0 Å². The van der Waals surface area contributed by atoms with Gasteiger partial charge in [0, 0.05) is 18.7 Å². The van der Waals surface area contributed by atoms with Gasteiger partial charge in [0.15, 0.2) is 5.69 Å². The molecule has 0 bridgehead atoms. The van der Waals surface area contributed by atoms with E-state index in [9.17, 15) is 4.79 Å². The Kier molecular flexibility index (Phi) is 6.13. The molecule has 0 unspecified atom stereocenters. The summed E-state index contributed by atoms with van der Waals surface area (Å²) in [6, 6.07) is 16.8. The maximum absolute atomic E-state index is 13.7. The minimum absolute atomic E-state index is 0.143. The van der Waals surface area contributed by atoms with Gasteiger partial charge >= 0.3 is 0 Å². The molecule has 1 amide bonds. The van der Waals surface area contributed by atoms with Crippen LogP contribution < -0.4 is 0 Å². The first kappa shape index (κ1) is 22.6. The van der Waals surface area contributed by atoms with Gasteiger partial charge in [-0.2, -0.15) is 10.2 Å². The number of nitrogens with zero attached hydrogens (tertiary/aromatic N) is 4. The lowest BCUT2D eigenvalue weighted by Crippen LogP contribution is -2.32. The topological polar surface area (TPSA) is 50.5 Å². The molecule has 1 saturated carbocycles. The second-order valence-corrected chi connectivity index (χ2v) is 9.66. The molecule has 0 radical (unpaired) electrons. The van der Waals surface area contributed by atoms with Crippen LogP contribution in [0.15, 0.2) is 65.4 Å². The number of allylic oxidation sites excluding steroid dienone is 1. The van der Waals surface area contributed by atoms with Crippen LogP contribution in [0.1, 0.15) is 65.0 Å². The normalized spacial score (nSPS) is 21.0. The fraction of sp³-hybridized carbons (Fsp3) is 0.321. The molecule has 1 aliphatic heterocycles. The first-order valence-electron chi connectivity index (χ1n) is 11.9. The van der Waals surface area contributed by atoms with Crippen LogP contribution in [0.2, 0.25) is 5.02 Å². The van der Waals surface area contributed by atoms with Crippen molar-refractivity contribution in [2.24, 2.45) is 11.0 Å². The molecule has 1 fully saturated rings. The predicted molar refractivity (Wildman–Crippen MR) is 137 cm³/mol. The Labute approximate surface area is 205 Å². The van der Waals surface area contributed by atoms with Gasteiger partial charge in [-0.05, 0) is 62.8 Å². The Bertz CT molecular complexity index is 1270. The predicted octanol–water partition coefficient (Wildman–Crippen LogP) is 6.61. The van der Waals surface area contributed by atoms with E-state index in [2.05, 4.69) is 73.6 Å². The monoisotopic (exact) mass is 472 g/mol. The maximum Gasteiger partial charge on any atom is 0.296 e. The van der Waals surface area contributed by atoms with Gasteiger partial charge < -0.3 is 0 Å². The van der Waals surface area contributed by atoms with Gasteiger partial charge in [0.2, 0.25) is 0 Å². The molecule has 34 heavy (non-hydrogen) atoms. The number of hydrazone groups is 1. The number of rotatable bonds is 4. The van der Waals surface area contributed by atoms with Gasteiger partial charge in [0.05, 0.1) is 16.8 Å². The number of benzene rings is 2. The van der Waals surface area contributed by atoms with Crippen molar-refractivity contribution in [1.29, 1.82) is 0 Å². The Morgan fingerprint density at radius 1 is 1.09 bits per heavy atom. The maximum atomic E-state index is 13.7. The van der Waals surface area contributed by atoms with E-state index in [-0.39, 0.29) is 23.6 Å². The molecule has 5 nitrogen and oxygen atoms in total. The molecular weight excluding hydrogens is 444 g/mol. The highest BCUT2D eigenvalue weighted by Gasteiger charge is 2.44. The smallest absolute Gasteiger partial charge is 0.271 e. The van der Waals surface area contributed by atoms with Crippen molar-refractivity contribution >= 4 is 29.3 Å². The number of hydrogen-bond donors (Lipinski definition) is 0. The van der Waals surface area contributed by atoms with Crippen molar-refractivity contribution in [1.82, 2.24) is 14.8 Å². The van der Waals surface area contributed by atoms with Crippen LogP contribution in [0.5, 0.6) is 0 Å². The van der Waals surface area contributed by atoms with Gasteiger partial charge in [-0.25, -0.2) is 5.01 Å². The summed E-state index contributed by atoms with van der Waals surface area (Å²) in [4.78, 5) is 13.7. The van der Waals surface area contributed by atoms with Crippen LogP contribution in [0, 0.1) is 19.8 Å². The summed E-state index contributed by atoms with van der Waals surface area (Å²) >= 11 is 6.42. The minimum atomic E-state index is -0.251. The van der Waals surface area contributed by atoms with E-state index >= 15 is 0 Å². The highest BCUT2D eigenvalue weighted by Crippen LogP contribution is 2.45. The summed E-state index contributed by atoms with van der Waals surface area (Å²) in [6.45, 7) is 6.78. The second-order valence-electron chi connectivity index (χ2n) is 9.25. The van der Waals surface area contributed by atoms with Gasteiger partial charge in [-0.1, -0.05) is 71.3 Å². The molecule has 2 aromatic carbocycles. The molecule has 6 heteroatoms. The first-order valence-corrected chi connectivity index (χ1v) is 12.3. The first-order chi connectivity index (χ1) is 16.4. The van der Waals surface area contributed by atoms with Crippen molar-refractivity contribution in [3.63, 3.8) is 0 Å². The number of amides is 1. The number of hydrogen-bond acceptors (Lipinski definition) is 3. The van der Waals surface area contributed by atoms with Gasteiger partial charge in [0.25, 0.3) is 5.91 Å². The number of fused-ring (bicyclic) bond motifs is 1. The number of carbonyl (C=O) groups is 1. The SMILES string of the molecule is CCn1cc(Cl)c(C(=O)N2N=C3/C(=C\c4ccc(C)cc4)CCC[C@H]3[C@H]2c2ccc(C)cc2)n1. The van der Waals surface area contributed by atoms with E-state index in [4.69, 9.17) is 16.7 Å². The number of aromatic nitrogens is 2. The fourth-order valence-corrected chi connectivity index (χ4v) is 5.17. The zero-order chi connectivity index (χ0) is 23.8. The third-order valence-electron chi connectivity index (χ3n) is 6.79. The van der Waals surface area contributed by atoms with Crippen molar-refractivity contribution in [2.45, 2.75) is 52.6 Å². The summed E-state index contributed by atoms with van der Waals surface area (Å²) in [5.74, 6) is -0.108. The molecule has 2 heterocycles. The lowest BCUT2D eigenvalue weighted by molar-refractivity contribution is 0.0674. The Hall–Kier alpha value is -3.18. The zero-order valence-corrected chi connectivity index (χ0v) is 20.6. The summed E-state index contributed by atoms with van der Waals surface area (Å²) in [6.07, 6.45) is 6.94. The molecule has 1 aromatic heterocycles. The molecule has 3 aromatic rings. The van der Waals surface area contributed by atoms with Crippen LogP contribution in [-0.4, -0.2) is 26.4 Å². The van der Waals surface area contributed by atoms with Crippen molar-refractivity contribution < 1.29 is 4.79 Å². The fourth-order valence-electron chi connectivity index (χ4n) is 4.94. The molecule has 0 spiro atoms. The average molecular weight is 473 g/mol. The Balaban J connectivity index is 1.58. The third-order valence-corrected chi connectivity index (χ3v) is 7.07. The summed E-state index contributed by atoms with van der Waals surface area (Å²) in [7, 11) is 0. The second kappa shape index (κ2) is 9.22. The summed E-state index contributed by atoms with van der Waals surface area (Å²) in [5.41, 5.74) is 7.15. The number of halogens is 1. The molecule has 5 rings (SSSR count). The lowest BCUT2D eigenvalue weighted by Gasteiger charge is -2.29. The van der Waals surface area contributed by atoms with Crippen LogP contribution >= 0.6 is 11.6 Å². The van der Waals surface area contributed by atoms with E-state index in [1.807, 2.05) is 6.92 Å². The highest BCUT2D eigenvalue weighted by molar-refractivity contribution is 6.33. The van der Waals surface area contributed by atoms with Gasteiger partial charge in [0.1, 0.15) is 0 Å². The average Bonchev–Trinajstić information content (AvgIpc) is 3.42. The van der Waals surface area contributed by atoms with E-state index in [1.165, 1.54) is 16.7 Å². The molecule has 2 atom stereocenters. The summed E-state index contributed by atoms with van der Waals surface area (Å²) in [5, 5.41) is 11.4. The van der Waals surface area contributed by atoms with E-state index < -0.39 is 0 Å². The molecule has 1 aliphatic carbocycles. The van der Waals surface area contributed by atoms with E-state index in [1.54, 1.807) is 15.9 Å². The standard InChI is InChI=1S/C28H29ClN4O/c1-4-32-17-24(29)26(30-32)28(34)33-27(21-14-10-19(3)11-15-21)23-7-5-6-22(25(23)31-33)16-20-12-8-18(2)9-13-20/h8-17,23,27H,4-7H2,1-3H3/b22-16-/t23-,27-/m1/s1. The van der Waals surface area contributed by atoms with Crippen LogP contribution in [0.4, 0.5) is 0 Å².